The van der Waals surface area contributed by atoms with Gasteiger partial charge in [0.2, 0.25) is 0 Å². The number of likely N-dealkylation sites (tertiary alicyclic amines) is 1. The van der Waals surface area contributed by atoms with Gasteiger partial charge in [0, 0.05) is 18.3 Å². The van der Waals surface area contributed by atoms with Crippen molar-refractivity contribution in [3.63, 3.8) is 0 Å². The highest BCUT2D eigenvalue weighted by Crippen LogP contribution is 2.23. The molecule has 0 aromatic heterocycles. The lowest BCUT2D eigenvalue weighted by Crippen LogP contribution is -2.40. The minimum Gasteiger partial charge on any atom is -0.481 e. The third-order valence-electron chi connectivity index (χ3n) is 2.54. The van der Waals surface area contributed by atoms with Gasteiger partial charge in [0.25, 0.3) is 0 Å². The Balaban J connectivity index is 2.43. The Morgan fingerprint density at radius 1 is 1.44 bits per heavy atom. The summed E-state index contributed by atoms with van der Waals surface area (Å²) in [7, 11) is 0. The van der Waals surface area contributed by atoms with E-state index in [1.165, 1.54) is 11.8 Å². The first-order valence-electron chi connectivity index (χ1n) is 6.09. The maximum Gasteiger partial charge on any atom is 0.410 e. The van der Waals surface area contributed by atoms with Crippen molar-refractivity contribution in [3.05, 3.63) is 0 Å². The molecule has 0 saturated carbocycles. The van der Waals surface area contributed by atoms with Gasteiger partial charge in [-0.15, -0.1) is 11.8 Å². The number of carbonyl (C=O) groups excluding carboxylic acids is 1. The van der Waals surface area contributed by atoms with Crippen molar-refractivity contribution in [2.75, 3.05) is 18.1 Å². The van der Waals surface area contributed by atoms with E-state index in [0.29, 0.717) is 12.3 Å². The summed E-state index contributed by atoms with van der Waals surface area (Å²) in [6.45, 7) is 6.23. The smallest absolute Gasteiger partial charge is 0.410 e. The van der Waals surface area contributed by atoms with Gasteiger partial charge in [0.15, 0.2) is 0 Å². The normalized spacial score (nSPS) is 19.9. The Morgan fingerprint density at radius 2 is 2.11 bits per heavy atom. The lowest BCUT2D eigenvalue weighted by atomic mass is 10.2. The Hall–Kier alpha value is -0.910. The molecule has 1 aliphatic heterocycles. The van der Waals surface area contributed by atoms with Gasteiger partial charge in [-0.1, -0.05) is 0 Å². The van der Waals surface area contributed by atoms with E-state index in [-0.39, 0.29) is 17.9 Å². The van der Waals surface area contributed by atoms with Crippen molar-refractivity contribution in [1.29, 1.82) is 0 Å². The van der Waals surface area contributed by atoms with Crippen molar-refractivity contribution in [2.24, 2.45) is 0 Å². The van der Waals surface area contributed by atoms with Crippen molar-refractivity contribution in [2.45, 2.75) is 45.3 Å². The topological polar surface area (TPSA) is 66.8 Å². The van der Waals surface area contributed by atoms with Crippen molar-refractivity contribution in [1.82, 2.24) is 4.90 Å². The van der Waals surface area contributed by atoms with Gasteiger partial charge in [-0.2, -0.15) is 0 Å². The lowest BCUT2D eigenvalue weighted by Gasteiger charge is -2.28. The van der Waals surface area contributed by atoms with E-state index in [9.17, 15) is 9.59 Å². The van der Waals surface area contributed by atoms with Gasteiger partial charge >= 0.3 is 12.1 Å². The van der Waals surface area contributed by atoms with Crippen LogP contribution in [-0.4, -0.2) is 51.8 Å². The summed E-state index contributed by atoms with van der Waals surface area (Å²) < 4.78 is 5.34. The van der Waals surface area contributed by atoms with E-state index in [2.05, 4.69) is 0 Å². The number of nitrogens with zero attached hydrogens (tertiary/aromatic N) is 1. The SMILES string of the molecule is CC(C)(C)OC(=O)N1CCC[C@H]1CSCC(=O)O. The van der Waals surface area contributed by atoms with Crippen LogP contribution in [0.3, 0.4) is 0 Å². The maximum absolute atomic E-state index is 11.9. The molecule has 0 aromatic rings. The van der Waals surface area contributed by atoms with Crippen LogP contribution in [0.4, 0.5) is 4.79 Å². The Bertz CT molecular complexity index is 314. The molecule has 1 amide bonds. The molecule has 1 aliphatic rings. The van der Waals surface area contributed by atoms with Crippen LogP contribution in [-0.2, 0) is 9.53 Å². The van der Waals surface area contributed by atoms with Crippen LogP contribution in [0.1, 0.15) is 33.6 Å². The van der Waals surface area contributed by atoms with Crippen LogP contribution in [0, 0.1) is 0 Å². The molecule has 1 saturated heterocycles. The van der Waals surface area contributed by atoms with Gasteiger partial charge in [-0.3, -0.25) is 4.79 Å². The second kappa shape index (κ2) is 6.31. The fourth-order valence-electron chi connectivity index (χ4n) is 1.85. The maximum atomic E-state index is 11.9. The predicted molar refractivity (Wildman–Crippen MR) is 70.9 cm³/mol. The number of hydrogen-bond acceptors (Lipinski definition) is 4. The van der Waals surface area contributed by atoms with E-state index < -0.39 is 11.6 Å². The average molecular weight is 275 g/mol. The number of amides is 1. The third kappa shape index (κ3) is 5.16. The first kappa shape index (κ1) is 15.1. The van der Waals surface area contributed by atoms with E-state index >= 15 is 0 Å². The quantitative estimate of drug-likeness (QED) is 0.852. The van der Waals surface area contributed by atoms with Crippen molar-refractivity contribution >= 4 is 23.8 Å². The highest BCUT2D eigenvalue weighted by Gasteiger charge is 2.31. The lowest BCUT2D eigenvalue weighted by molar-refractivity contribution is -0.133. The highest BCUT2D eigenvalue weighted by atomic mass is 32.2. The van der Waals surface area contributed by atoms with Gasteiger partial charge in [-0.25, -0.2) is 4.79 Å². The molecular weight excluding hydrogens is 254 g/mol. The third-order valence-corrected chi connectivity index (χ3v) is 3.61. The van der Waals surface area contributed by atoms with Crippen molar-refractivity contribution < 1.29 is 19.4 Å². The molecular formula is C12H21NO4S. The summed E-state index contributed by atoms with van der Waals surface area (Å²) >= 11 is 1.35. The summed E-state index contributed by atoms with van der Waals surface area (Å²) in [5, 5.41) is 8.59. The number of hydrogen-bond donors (Lipinski definition) is 1. The van der Waals surface area contributed by atoms with Crippen LogP contribution in [0.5, 0.6) is 0 Å². The molecule has 0 aromatic carbocycles. The summed E-state index contributed by atoms with van der Waals surface area (Å²) in [4.78, 5) is 24.1. The van der Waals surface area contributed by atoms with E-state index in [1.807, 2.05) is 20.8 Å². The van der Waals surface area contributed by atoms with Crippen molar-refractivity contribution in [3.8, 4) is 0 Å². The van der Waals surface area contributed by atoms with Crippen LogP contribution in [0.2, 0.25) is 0 Å². The molecule has 1 fully saturated rings. The number of rotatable bonds is 4. The number of thioether (sulfide) groups is 1. The van der Waals surface area contributed by atoms with Gasteiger partial charge in [0.1, 0.15) is 5.60 Å². The fraction of sp³-hybridized carbons (Fsp3) is 0.833. The summed E-state index contributed by atoms with van der Waals surface area (Å²) in [6.07, 6.45) is 1.59. The highest BCUT2D eigenvalue weighted by molar-refractivity contribution is 7.99. The molecule has 18 heavy (non-hydrogen) atoms. The Kier molecular flexibility index (Phi) is 5.31. The van der Waals surface area contributed by atoms with Gasteiger partial charge in [0.05, 0.1) is 5.75 Å². The molecule has 0 spiro atoms. The number of ether oxygens (including phenoxy) is 1. The molecule has 1 heterocycles. The van der Waals surface area contributed by atoms with E-state index in [1.54, 1.807) is 4.90 Å². The standard InChI is InChI=1S/C12H21NO4S/c1-12(2,3)17-11(16)13-6-4-5-9(13)7-18-8-10(14)15/h9H,4-8H2,1-3H3,(H,14,15)/t9-/m0/s1. The number of aliphatic carboxylic acids is 1. The summed E-state index contributed by atoms with van der Waals surface area (Å²) in [6, 6.07) is 0.101. The second-order valence-electron chi connectivity index (χ2n) is 5.38. The Labute approximate surface area is 112 Å². The average Bonchev–Trinajstić information content (AvgIpc) is 2.62. The van der Waals surface area contributed by atoms with Gasteiger partial charge < -0.3 is 14.7 Å². The largest absolute Gasteiger partial charge is 0.481 e. The second-order valence-corrected chi connectivity index (χ2v) is 6.41. The molecule has 1 rings (SSSR count). The summed E-state index contributed by atoms with van der Waals surface area (Å²) in [5.74, 6) is -0.0775. The Morgan fingerprint density at radius 3 is 2.67 bits per heavy atom. The zero-order chi connectivity index (χ0) is 13.8. The molecule has 0 bridgehead atoms. The summed E-state index contributed by atoms with van der Waals surface area (Å²) in [5.41, 5.74) is -0.488. The molecule has 0 unspecified atom stereocenters. The number of carboxylic acids is 1. The van der Waals surface area contributed by atoms with Crippen LogP contribution in [0.15, 0.2) is 0 Å². The molecule has 104 valence electrons. The monoisotopic (exact) mass is 275 g/mol. The molecule has 0 aliphatic carbocycles. The number of carboxylic acid groups (broad SMARTS) is 1. The van der Waals surface area contributed by atoms with Crippen LogP contribution < -0.4 is 0 Å². The molecule has 0 radical (unpaired) electrons. The van der Waals surface area contributed by atoms with Gasteiger partial charge in [-0.05, 0) is 33.6 Å². The predicted octanol–water partition coefficient (Wildman–Crippen LogP) is 2.20. The van der Waals surface area contributed by atoms with Crippen LogP contribution in [0.25, 0.3) is 0 Å². The first-order chi connectivity index (χ1) is 8.29. The zero-order valence-corrected chi connectivity index (χ0v) is 12.0. The minimum atomic E-state index is -0.818. The van der Waals surface area contributed by atoms with E-state index in [0.717, 1.165) is 12.8 Å². The minimum absolute atomic E-state index is 0.0820. The first-order valence-corrected chi connectivity index (χ1v) is 7.24. The van der Waals surface area contributed by atoms with Crippen LogP contribution >= 0.6 is 11.8 Å². The molecule has 6 heteroatoms. The molecule has 1 N–H and O–H groups in total. The zero-order valence-electron chi connectivity index (χ0n) is 11.1. The molecule has 1 atom stereocenters. The van der Waals surface area contributed by atoms with E-state index in [4.69, 9.17) is 9.84 Å². The number of carbonyl (C=O) groups is 2. The fourth-order valence-corrected chi connectivity index (χ4v) is 2.76. The molecule has 5 nitrogen and oxygen atoms in total.